The second-order valence-electron chi connectivity index (χ2n) is 3.73. The molecule has 2 aromatic rings. The van der Waals surface area contributed by atoms with Gasteiger partial charge in [0.15, 0.2) is 0 Å². The molecule has 0 unspecified atom stereocenters. The zero-order valence-electron chi connectivity index (χ0n) is 9.34. The molecule has 0 atom stereocenters. The van der Waals surface area contributed by atoms with Crippen molar-refractivity contribution in [2.75, 3.05) is 5.73 Å². The molecule has 2 rings (SSSR count). The lowest BCUT2D eigenvalue weighted by Crippen LogP contribution is -2.08. The number of nitrogen functional groups attached to an aromatic ring is 1. The third-order valence-electron chi connectivity index (χ3n) is 2.67. The number of hydrogen-bond acceptors (Lipinski definition) is 3. The molecule has 0 saturated heterocycles. The van der Waals surface area contributed by atoms with E-state index in [0.717, 1.165) is 11.1 Å². The van der Waals surface area contributed by atoms with Crippen molar-refractivity contribution in [3.05, 3.63) is 47.7 Å². The second-order valence-corrected chi connectivity index (χ2v) is 3.73. The smallest absolute Gasteiger partial charge is 0.339 e. The molecule has 0 radical (unpaired) electrons. The highest BCUT2D eigenvalue weighted by Gasteiger charge is 2.16. The molecule has 0 aliphatic rings. The third-order valence-corrected chi connectivity index (χ3v) is 2.67. The van der Waals surface area contributed by atoms with Crippen molar-refractivity contribution in [3.63, 3.8) is 0 Å². The number of rotatable bonds is 2. The Balaban J connectivity index is 2.66. The van der Waals surface area contributed by atoms with E-state index in [4.69, 9.17) is 10.8 Å². The van der Waals surface area contributed by atoms with E-state index in [2.05, 4.69) is 4.98 Å². The first kappa shape index (κ1) is 11.1. The predicted octanol–water partition coefficient (Wildman–Crippen LogP) is 2.34. The zero-order chi connectivity index (χ0) is 12.4. The summed E-state index contributed by atoms with van der Waals surface area (Å²) in [7, 11) is 0. The fraction of sp³-hybridized carbons (Fsp3) is 0.0769. The summed E-state index contributed by atoms with van der Waals surface area (Å²) in [6.45, 7) is 1.74. The SMILES string of the molecule is Cc1c(-c2ccccc2)cnc(N)c1C(=O)O. The van der Waals surface area contributed by atoms with Gasteiger partial charge in [-0.15, -0.1) is 0 Å². The normalized spacial score (nSPS) is 10.2. The minimum Gasteiger partial charge on any atom is -0.478 e. The fourth-order valence-electron chi connectivity index (χ4n) is 1.80. The predicted molar refractivity (Wildman–Crippen MR) is 65.8 cm³/mol. The zero-order valence-corrected chi connectivity index (χ0v) is 9.34. The maximum absolute atomic E-state index is 11.1. The first-order valence-electron chi connectivity index (χ1n) is 5.15. The van der Waals surface area contributed by atoms with Gasteiger partial charge in [-0.2, -0.15) is 0 Å². The lowest BCUT2D eigenvalue weighted by atomic mass is 9.99. The van der Waals surface area contributed by atoms with Gasteiger partial charge < -0.3 is 10.8 Å². The van der Waals surface area contributed by atoms with Crippen LogP contribution in [0.4, 0.5) is 5.82 Å². The van der Waals surface area contributed by atoms with Crippen LogP contribution in [-0.2, 0) is 0 Å². The number of nitrogens with zero attached hydrogens (tertiary/aromatic N) is 1. The summed E-state index contributed by atoms with van der Waals surface area (Å²) in [5.41, 5.74) is 8.01. The average Bonchev–Trinajstić information content (AvgIpc) is 2.30. The molecule has 0 bridgehead atoms. The number of carboxylic acid groups (broad SMARTS) is 1. The molecule has 1 aromatic carbocycles. The van der Waals surface area contributed by atoms with Gasteiger partial charge in [0.2, 0.25) is 0 Å². The van der Waals surface area contributed by atoms with Gasteiger partial charge in [-0.1, -0.05) is 30.3 Å². The number of carbonyl (C=O) groups is 1. The van der Waals surface area contributed by atoms with Crippen LogP contribution in [0.5, 0.6) is 0 Å². The standard InChI is InChI=1S/C13H12N2O2/c1-8-10(9-5-3-2-4-6-9)7-15-12(14)11(8)13(16)17/h2-7H,1H3,(H2,14,15)(H,16,17). The number of pyridine rings is 1. The van der Waals surface area contributed by atoms with E-state index in [1.54, 1.807) is 13.1 Å². The van der Waals surface area contributed by atoms with Gasteiger partial charge in [0.1, 0.15) is 11.4 Å². The van der Waals surface area contributed by atoms with Crippen molar-refractivity contribution in [1.29, 1.82) is 0 Å². The first-order chi connectivity index (χ1) is 8.11. The first-order valence-corrected chi connectivity index (χ1v) is 5.15. The molecule has 0 aliphatic heterocycles. The quantitative estimate of drug-likeness (QED) is 0.827. The Morgan fingerprint density at radius 2 is 1.94 bits per heavy atom. The van der Waals surface area contributed by atoms with Gasteiger partial charge in [0.25, 0.3) is 0 Å². The van der Waals surface area contributed by atoms with Gasteiger partial charge in [-0.25, -0.2) is 9.78 Å². The Morgan fingerprint density at radius 3 is 2.53 bits per heavy atom. The molecule has 3 N–H and O–H groups in total. The lowest BCUT2D eigenvalue weighted by Gasteiger charge is -2.10. The molecule has 0 aliphatic carbocycles. The van der Waals surface area contributed by atoms with Gasteiger partial charge >= 0.3 is 5.97 Å². The average molecular weight is 228 g/mol. The molecular weight excluding hydrogens is 216 g/mol. The van der Waals surface area contributed by atoms with Gasteiger partial charge in [0.05, 0.1) is 0 Å². The summed E-state index contributed by atoms with van der Waals surface area (Å²) in [6.07, 6.45) is 1.60. The molecule has 0 amide bonds. The Bertz CT molecular complexity index is 565. The van der Waals surface area contributed by atoms with E-state index in [9.17, 15) is 4.79 Å². The van der Waals surface area contributed by atoms with Crippen LogP contribution in [0.2, 0.25) is 0 Å². The highest BCUT2D eigenvalue weighted by Crippen LogP contribution is 2.27. The fourth-order valence-corrected chi connectivity index (χ4v) is 1.80. The molecule has 1 heterocycles. The molecule has 1 aromatic heterocycles. The summed E-state index contributed by atoms with van der Waals surface area (Å²) in [6, 6.07) is 9.51. The molecule has 0 saturated carbocycles. The molecule has 0 spiro atoms. The number of anilines is 1. The van der Waals surface area contributed by atoms with Gasteiger partial charge in [-0.3, -0.25) is 0 Å². The van der Waals surface area contributed by atoms with Crippen LogP contribution in [-0.4, -0.2) is 16.1 Å². The second kappa shape index (κ2) is 4.25. The Morgan fingerprint density at radius 1 is 1.29 bits per heavy atom. The number of benzene rings is 1. The minimum atomic E-state index is -1.05. The van der Waals surface area contributed by atoms with Crippen LogP contribution in [0.1, 0.15) is 15.9 Å². The van der Waals surface area contributed by atoms with E-state index < -0.39 is 5.97 Å². The molecular formula is C13H12N2O2. The number of carboxylic acids is 1. The van der Waals surface area contributed by atoms with Crippen LogP contribution >= 0.6 is 0 Å². The van der Waals surface area contributed by atoms with E-state index >= 15 is 0 Å². The van der Waals surface area contributed by atoms with Crippen LogP contribution in [0.25, 0.3) is 11.1 Å². The number of nitrogens with two attached hydrogens (primary N) is 1. The number of aromatic nitrogens is 1. The van der Waals surface area contributed by atoms with Crippen molar-refractivity contribution < 1.29 is 9.90 Å². The van der Waals surface area contributed by atoms with E-state index in [1.807, 2.05) is 30.3 Å². The van der Waals surface area contributed by atoms with Crippen LogP contribution in [0.3, 0.4) is 0 Å². The van der Waals surface area contributed by atoms with Crippen LogP contribution < -0.4 is 5.73 Å². The van der Waals surface area contributed by atoms with E-state index in [0.29, 0.717) is 5.56 Å². The molecule has 0 fully saturated rings. The highest BCUT2D eigenvalue weighted by molar-refractivity contribution is 5.96. The van der Waals surface area contributed by atoms with Gasteiger partial charge in [-0.05, 0) is 18.1 Å². The van der Waals surface area contributed by atoms with Crippen molar-refractivity contribution in [1.82, 2.24) is 4.98 Å². The lowest BCUT2D eigenvalue weighted by molar-refractivity contribution is 0.0697. The molecule has 86 valence electrons. The van der Waals surface area contributed by atoms with Crippen LogP contribution in [0.15, 0.2) is 36.5 Å². The summed E-state index contributed by atoms with van der Waals surface area (Å²) in [5, 5.41) is 9.10. The summed E-state index contributed by atoms with van der Waals surface area (Å²) < 4.78 is 0. The Labute approximate surface area is 98.7 Å². The topological polar surface area (TPSA) is 76.2 Å². The van der Waals surface area contributed by atoms with Crippen molar-refractivity contribution in [2.24, 2.45) is 0 Å². The Kier molecular flexibility index (Phi) is 2.78. The molecule has 4 heteroatoms. The van der Waals surface area contributed by atoms with Crippen LogP contribution in [0, 0.1) is 6.92 Å². The minimum absolute atomic E-state index is 0.0506. The van der Waals surface area contributed by atoms with Crippen molar-refractivity contribution in [2.45, 2.75) is 6.92 Å². The van der Waals surface area contributed by atoms with Gasteiger partial charge in [0, 0.05) is 11.8 Å². The maximum atomic E-state index is 11.1. The summed E-state index contributed by atoms with van der Waals surface area (Å²) >= 11 is 0. The monoisotopic (exact) mass is 228 g/mol. The van der Waals surface area contributed by atoms with E-state index in [-0.39, 0.29) is 11.4 Å². The van der Waals surface area contributed by atoms with Crippen molar-refractivity contribution in [3.8, 4) is 11.1 Å². The molecule has 4 nitrogen and oxygen atoms in total. The summed E-state index contributed by atoms with van der Waals surface area (Å²) in [5.74, 6) is -1.00. The largest absolute Gasteiger partial charge is 0.478 e. The highest BCUT2D eigenvalue weighted by atomic mass is 16.4. The molecule has 17 heavy (non-hydrogen) atoms. The third kappa shape index (κ3) is 1.97. The number of hydrogen-bond donors (Lipinski definition) is 2. The summed E-state index contributed by atoms with van der Waals surface area (Å²) in [4.78, 5) is 15.0. The number of aromatic carboxylic acids is 1. The van der Waals surface area contributed by atoms with Crippen molar-refractivity contribution >= 4 is 11.8 Å². The Hall–Kier alpha value is -2.36. The van der Waals surface area contributed by atoms with E-state index in [1.165, 1.54) is 0 Å². The maximum Gasteiger partial charge on any atom is 0.339 e.